The van der Waals surface area contributed by atoms with Crippen LogP contribution in [0, 0.1) is 11.3 Å². The highest BCUT2D eigenvalue weighted by molar-refractivity contribution is 8.14. The van der Waals surface area contributed by atoms with E-state index < -0.39 is 5.12 Å². The highest BCUT2D eigenvalue weighted by Crippen LogP contribution is 2.26. The molecular weight excluding hydrogens is 238 g/mol. The Morgan fingerprint density at radius 2 is 2.24 bits per heavy atom. The molecule has 0 aromatic heterocycles. The molecular formula is C12H11NO3S. The van der Waals surface area contributed by atoms with Gasteiger partial charge in [0.15, 0.2) is 0 Å². The average Bonchev–Trinajstić information content (AvgIpc) is 2.29. The van der Waals surface area contributed by atoms with Crippen molar-refractivity contribution in [2.45, 2.75) is 11.8 Å². The van der Waals surface area contributed by atoms with Crippen molar-refractivity contribution in [2.75, 3.05) is 7.11 Å². The number of carbonyl (C=O) groups excluding carboxylic acids is 1. The third-order valence-corrected chi connectivity index (χ3v) is 2.81. The highest BCUT2D eigenvalue weighted by atomic mass is 32.2. The molecule has 0 unspecified atom stereocenters. The Morgan fingerprint density at radius 3 is 2.76 bits per heavy atom. The number of ether oxygens (including phenoxy) is 1. The Balaban J connectivity index is 2.89. The van der Waals surface area contributed by atoms with E-state index in [1.807, 2.05) is 0 Å². The zero-order valence-corrected chi connectivity index (χ0v) is 10.2. The van der Waals surface area contributed by atoms with E-state index in [4.69, 9.17) is 15.1 Å². The van der Waals surface area contributed by atoms with Crippen LogP contribution in [0.25, 0.3) is 0 Å². The molecule has 0 radical (unpaired) electrons. The Morgan fingerprint density at radius 1 is 1.53 bits per heavy atom. The first-order valence-electron chi connectivity index (χ1n) is 4.74. The van der Waals surface area contributed by atoms with Crippen LogP contribution < -0.4 is 4.74 Å². The van der Waals surface area contributed by atoms with Crippen molar-refractivity contribution in [1.82, 2.24) is 0 Å². The topological polar surface area (TPSA) is 70.3 Å². The van der Waals surface area contributed by atoms with Gasteiger partial charge < -0.3 is 9.84 Å². The first-order chi connectivity index (χ1) is 8.08. The number of thioether (sulfide) groups is 1. The maximum atomic E-state index is 11.7. The van der Waals surface area contributed by atoms with Gasteiger partial charge in [-0.3, -0.25) is 4.79 Å². The van der Waals surface area contributed by atoms with Gasteiger partial charge in [-0.15, -0.1) is 0 Å². The van der Waals surface area contributed by atoms with E-state index in [9.17, 15) is 4.79 Å². The normalized spacial score (nSPS) is 11.4. The van der Waals surface area contributed by atoms with Crippen molar-refractivity contribution in [1.29, 1.82) is 5.26 Å². The SMILES string of the molecule is COc1cccc(SC(=O)C(C#N)=C(C)O)c1. The standard InChI is InChI=1S/C12H11NO3S/c1-8(14)11(7-13)12(15)17-10-5-3-4-9(6-10)16-2/h3-6,14H,1-2H3. The first kappa shape index (κ1) is 13.1. The van der Waals surface area contributed by atoms with Crippen LogP contribution in [0.15, 0.2) is 40.5 Å². The summed E-state index contributed by atoms with van der Waals surface area (Å²) in [6.07, 6.45) is 0. The van der Waals surface area contributed by atoms with Crippen LogP contribution in [0.4, 0.5) is 0 Å². The lowest BCUT2D eigenvalue weighted by Gasteiger charge is -2.03. The van der Waals surface area contributed by atoms with Crippen LogP contribution in [-0.4, -0.2) is 17.3 Å². The first-order valence-corrected chi connectivity index (χ1v) is 5.56. The quantitative estimate of drug-likeness (QED) is 0.386. The van der Waals surface area contributed by atoms with Crippen molar-refractivity contribution < 1.29 is 14.6 Å². The maximum Gasteiger partial charge on any atom is 0.238 e. The number of benzene rings is 1. The number of aliphatic hydroxyl groups is 1. The zero-order chi connectivity index (χ0) is 12.8. The zero-order valence-electron chi connectivity index (χ0n) is 9.43. The number of hydrogen-bond acceptors (Lipinski definition) is 5. The largest absolute Gasteiger partial charge is 0.511 e. The van der Waals surface area contributed by atoms with Crippen LogP contribution in [0.5, 0.6) is 5.75 Å². The molecule has 0 spiro atoms. The minimum Gasteiger partial charge on any atom is -0.511 e. The number of hydrogen-bond donors (Lipinski definition) is 1. The molecule has 1 N–H and O–H groups in total. The molecule has 0 saturated carbocycles. The van der Waals surface area contributed by atoms with Gasteiger partial charge in [-0.05, 0) is 36.9 Å². The number of methoxy groups -OCH3 is 1. The van der Waals surface area contributed by atoms with Gasteiger partial charge in [-0.1, -0.05) is 6.07 Å². The van der Waals surface area contributed by atoms with Crippen molar-refractivity contribution in [3.63, 3.8) is 0 Å². The summed E-state index contributed by atoms with van der Waals surface area (Å²) >= 11 is 0.875. The number of nitriles is 1. The van der Waals surface area contributed by atoms with E-state index >= 15 is 0 Å². The second-order valence-corrected chi connectivity index (χ2v) is 4.19. The molecule has 0 saturated heterocycles. The van der Waals surface area contributed by atoms with Crippen LogP contribution in [0.3, 0.4) is 0 Å². The average molecular weight is 249 g/mol. The van der Waals surface area contributed by atoms with Gasteiger partial charge in [0, 0.05) is 4.90 Å². The molecule has 0 bridgehead atoms. The smallest absolute Gasteiger partial charge is 0.238 e. The summed E-state index contributed by atoms with van der Waals surface area (Å²) < 4.78 is 5.02. The molecule has 0 amide bonds. The predicted octanol–water partition coefficient (Wildman–Crippen LogP) is 2.67. The number of nitrogens with zero attached hydrogens (tertiary/aromatic N) is 1. The second-order valence-electron chi connectivity index (χ2n) is 3.14. The molecule has 0 aliphatic carbocycles. The van der Waals surface area contributed by atoms with E-state index in [0.717, 1.165) is 11.8 Å². The minimum absolute atomic E-state index is 0.238. The maximum absolute atomic E-state index is 11.7. The van der Waals surface area contributed by atoms with Gasteiger partial charge in [0.05, 0.1) is 7.11 Å². The molecule has 1 rings (SSSR count). The van der Waals surface area contributed by atoms with Gasteiger partial charge in [-0.2, -0.15) is 5.26 Å². The molecule has 17 heavy (non-hydrogen) atoms. The molecule has 1 aromatic carbocycles. The van der Waals surface area contributed by atoms with E-state index in [1.165, 1.54) is 14.0 Å². The fraction of sp³-hybridized carbons (Fsp3) is 0.167. The summed E-state index contributed by atoms with van der Waals surface area (Å²) in [6, 6.07) is 8.59. The molecule has 4 nitrogen and oxygen atoms in total. The second kappa shape index (κ2) is 5.97. The van der Waals surface area contributed by atoms with Crippen LogP contribution >= 0.6 is 11.8 Å². The third kappa shape index (κ3) is 3.54. The summed E-state index contributed by atoms with van der Waals surface area (Å²) in [4.78, 5) is 12.3. The number of carbonyl (C=O) groups is 1. The van der Waals surface area contributed by atoms with Crippen molar-refractivity contribution in [3.05, 3.63) is 35.6 Å². The Labute approximate surface area is 104 Å². The summed E-state index contributed by atoms with van der Waals surface area (Å²) in [5, 5.41) is 17.4. The lowest BCUT2D eigenvalue weighted by molar-refractivity contribution is -0.107. The molecule has 0 fully saturated rings. The van der Waals surface area contributed by atoms with Gasteiger partial charge in [0.1, 0.15) is 23.2 Å². The van der Waals surface area contributed by atoms with Gasteiger partial charge in [0.2, 0.25) is 5.12 Å². The highest BCUT2D eigenvalue weighted by Gasteiger charge is 2.14. The molecule has 0 aliphatic rings. The van der Waals surface area contributed by atoms with E-state index in [2.05, 4.69) is 0 Å². The summed E-state index contributed by atoms with van der Waals surface area (Å²) in [5.41, 5.74) is -0.238. The van der Waals surface area contributed by atoms with Crippen LogP contribution in [0.2, 0.25) is 0 Å². The Bertz CT molecular complexity index is 499. The molecule has 88 valence electrons. The van der Waals surface area contributed by atoms with E-state index in [1.54, 1.807) is 30.3 Å². The van der Waals surface area contributed by atoms with Crippen LogP contribution in [-0.2, 0) is 4.79 Å². The Hall–Kier alpha value is -1.93. The fourth-order valence-electron chi connectivity index (χ4n) is 1.10. The summed E-state index contributed by atoms with van der Waals surface area (Å²) in [6.45, 7) is 1.31. The van der Waals surface area contributed by atoms with Crippen molar-refractivity contribution >= 4 is 16.9 Å². The van der Waals surface area contributed by atoms with Crippen molar-refractivity contribution in [2.24, 2.45) is 0 Å². The molecule has 5 heteroatoms. The molecule has 0 heterocycles. The molecule has 0 aliphatic heterocycles. The fourth-order valence-corrected chi connectivity index (χ4v) is 1.93. The summed E-state index contributed by atoms with van der Waals surface area (Å²) in [7, 11) is 1.53. The third-order valence-electron chi connectivity index (χ3n) is 1.93. The number of rotatable bonds is 3. The predicted molar refractivity (Wildman–Crippen MR) is 64.8 cm³/mol. The molecule has 0 atom stereocenters. The van der Waals surface area contributed by atoms with Crippen LogP contribution in [0.1, 0.15) is 6.92 Å². The van der Waals surface area contributed by atoms with Gasteiger partial charge >= 0.3 is 0 Å². The van der Waals surface area contributed by atoms with E-state index in [0.29, 0.717) is 10.6 Å². The Kier molecular flexibility index (Phi) is 4.61. The van der Waals surface area contributed by atoms with E-state index in [-0.39, 0.29) is 11.3 Å². The van der Waals surface area contributed by atoms with Crippen molar-refractivity contribution in [3.8, 4) is 11.8 Å². The summed E-state index contributed by atoms with van der Waals surface area (Å²) in [5.74, 6) is 0.360. The lowest BCUT2D eigenvalue weighted by Crippen LogP contribution is -1.98. The lowest BCUT2D eigenvalue weighted by atomic mass is 10.3. The minimum atomic E-state index is -0.485. The number of allylic oxidation sites excluding steroid dienone is 1. The molecule has 1 aromatic rings. The van der Waals surface area contributed by atoms with Gasteiger partial charge in [-0.25, -0.2) is 0 Å². The van der Waals surface area contributed by atoms with Gasteiger partial charge in [0.25, 0.3) is 0 Å². The number of aliphatic hydroxyl groups excluding tert-OH is 1. The monoisotopic (exact) mass is 249 g/mol.